The first-order valence-corrected chi connectivity index (χ1v) is 18.3. The van der Waals surface area contributed by atoms with Crippen LogP contribution in [-0.2, 0) is 36.7 Å². The minimum atomic E-state index is -1.82. The van der Waals surface area contributed by atoms with E-state index in [-0.39, 0.29) is 55.5 Å². The van der Waals surface area contributed by atoms with E-state index in [0.29, 0.717) is 0 Å². The Morgan fingerprint density at radius 1 is 0.898 bits per heavy atom. The summed E-state index contributed by atoms with van der Waals surface area (Å²) in [5.74, 6) is -0.636. The summed E-state index contributed by atoms with van der Waals surface area (Å²) in [6.07, 6.45) is 5.90. The maximum atomic E-state index is 14.0. The summed E-state index contributed by atoms with van der Waals surface area (Å²) in [6, 6.07) is 23.5. The second kappa shape index (κ2) is 16.4. The molecule has 2 heterocycles. The quantitative estimate of drug-likeness (QED) is 0.0913. The van der Waals surface area contributed by atoms with Gasteiger partial charge >= 0.3 is 0 Å². The zero-order valence-corrected chi connectivity index (χ0v) is 34.1. The summed E-state index contributed by atoms with van der Waals surface area (Å²) in [6.45, 7) is 20.9. The van der Waals surface area contributed by atoms with Gasteiger partial charge in [0.05, 0.1) is 5.76 Å². The molecule has 5 rings (SSSR count). The molecule has 6 heteroatoms. The monoisotopic (exact) mass is 859 g/mol. The van der Waals surface area contributed by atoms with Crippen molar-refractivity contribution in [2.75, 3.05) is 0 Å². The molecule has 3 aromatic carbocycles. The molecule has 1 radical (unpaired) electrons. The van der Waals surface area contributed by atoms with Crippen molar-refractivity contribution in [2.45, 2.75) is 112 Å². The maximum Gasteiger partial charge on any atom is 0.196 e. The fourth-order valence-corrected chi connectivity index (χ4v) is 7.66. The Morgan fingerprint density at radius 2 is 1.51 bits per heavy atom. The van der Waals surface area contributed by atoms with E-state index in [4.69, 9.17) is 4.98 Å². The number of hydrogen-bond donors (Lipinski definition) is 1. The van der Waals surface area contributed by atoms with Crippen molar-refractivity contribution in [3.05, 3.63) is 89.8 Å². The molecule has 0 saturated heterocycles. The molecule has 0 aliphatic rings. The van der Waals surface area contributed by atoms with Crippen LogP contribution in [-0.4, -0.2) is 21.5 Å². The Hall–Kier alpha value is -2.92. The zero-order chi connectivity index (χ0) is 35.4. The Morgan fingerprint density at radius 3 is 2.10 bits per heavy atom. The first kappa shape index (κ1) is 40.5. The number of carbonyl (C=O) groups is 1. The topological polar surface area (TPSA) is 50.2 Å². The number of benzene rings is 3. The van der Waals surface area contributed by atoms with Gasteiger partial charge < -0.3 is 5.11 Å². The van der Waals surface area contributed by atoms with E-state index in [2.05, 4.69) is 102 Å². The number of alkyl halides is 1. The fraction of sp³-hybridized carbons (Fsp3) is 0.442. The molecule has 265 valence electrons. The first-order valence-electron chi connectivity index (χ1n) is 17.5. The summed E-state index contributed by atoms with van der Waals surface area (Å²) in [5.41, 5.74) is 3.37. The van der Waals surface area contributed by atoms with Gasteiger partial charge in [-0.2, -0.15) is 0 Å². The van der Waals surface area contributed by atoms with Crippen LogP contribution in [0.5, 0.6) is 0 Å². The van der Waals surface area contributed by atoms with E-state index in [1.807, 2.05) is 31.4 Å². The molecule has 0 aliphatic heterocycles. The van der Waals surface area contributed by atoms with Crippen molar-refractivity contribution in [3.8, 4) is 11.3 Å². The Labute approximate surface area is 310 Å². The predicted octanol–water partition coefficient (Wildman–Crippen LogP) is 12.9. The number of fused-ring (bicyclic) bond motifs is 4. The molecule has 49 heavy (non-hydrogen) atoms. The number of pyridine rings is 1. The second-order valence-corrected chi connectivity index (χ2v) is 16.2. The fourth-order valence-electron chi connectivity index (χ4n) is 6.35. The third kappa shape index (κ3) is 9.25. The van der Waals surface area contributed by atoms with Gasteiger partial charge in [-0.3, -0.25) is 9.78 Å². The van der Waals surface area contributed by atoms with Crippen molar-refractivity contribution in [2.24, 2.45) is 11.3 Å². The second-order valence-electron chi connectivity index (χ2n) is 15.2. The van der Waals surface area contributed by atoms with Crippen LogP contribution in [0.4, 0.5) is 4.39 Å². The number of allylic oxidation sites excluding steroid dienone is 2. The summed E-state index contributed by atoms with van der Waals surface area (Å²) in [4.78, 5) is 16.5. The number of halogens is 1. The molecule has 0 spiro atoms. The molecule has 5 aromatic rings. The standard InChI is InChI=1S/C30H30NS.C13H23FO2.Ir/c1-29(2,3)18-20-11-9-13-23-24-14-15-31-26(28(24)32-27(20)23)21-16-19-10-7-8-12-22(19)25(17-21)30(4,5)6;1-5-10(6-2)11(15)9-12(16)13(14,7-3)8-4;/h7-15,17H,18H2,1-6H3;9-10,15H,5-8H2,1-4H3;/q-1;;/b;11-9-;. The molecule has 0 saturated carbocycles. The Bertz CT molecular complexity index is 1920. The minimum Gasteiger partial charge on any atom is -0.512 e. The van der Waals surface area contributed by atoms with Crippen LogP contribution in [0, 0.1) is 17.4 Å². The Kier molecular flexibility index (Phi) is 13.6. The van der Waals surface area contributed by atoms with Crippen molar-refractivity contribution in [1.82, 2.24) is 4.98 Å². The average Bonchev–Trinajstić information content (AvgIpc) is 3.43. The van der Waals surface area contributed by atoms with Gasteiger partial charge in [0, 0.05) is 58.8 Å². The van der Waals surface area contributed by atoms with Crippen LogP contribution >= 0.6 is 11.3 Å². The minimum absolute atomic E-state index is 0. The molecule has 0 amide bonds. The number of nitrogens with zero attached hydrogens (tertiary/aromatic N) is 1. The van der Waals surface area contributed by atoms with Crippen molar-refractivity contribution in [1.29, 1.82) is 0 Å². The third-order valence-corrected chi connectivity index (χ3v) is 10.6. The SMILES string of the molecule is CC(C)(C)Cc1cccc2c1sc1c(-c3[c-]c4ccccc4c(C(C)(C)C)c3)nccc12.CCC(CC)/C(O)=C/C(=O)C(F)(CC)CC.[Ir]. The van der Waals surface area contributed by atoms with Crippen molar-refractivity contribution in [3.63, 3.8) is 0 Å². The van der Waals surface area contributed by atoms with Crippen molar-refractivity contribution < 1.29 is 34.4 Å². The smallest absolute Gasteiger partial charge is 0.196 e. The van der Waals surface area contributed by atoms with Gasteiger partial charge in [0.15, 0.2) is 11.5 Å². The van der Waals surface area contributed by atoms with Crippen LogP contribution in [0.3, 0.4) is 0 Å². The summed E-state index contributed by atoms with van der Waals surface area (Å²) >= 11 is 1.89. The Balaban J connectivity index is 0.000000328. The molecule has 3 nitrogen and oxygen atoms in total. The molecular weight excluding hydrogens is 806 g/mol. The summed E-state index contributed by atoms with van der Waals surface area (Å²) < 4.78 is 16.6. The van der Waals surface area contributed by atoms with Crippen LogP contribution in [0.1, 0.15) is 106 Å². The van der Waals surface area contributed by atoms with E-state index in [1.54, 1.807) is 13.8 Å². The van der Waals surface area contributed by atoms with Gasteiger partial charge in [-0.15, -0.1) is 40.5 Å². The van der Waals surface area contributed by atoms with Crippen molar-refractivity contribution >= 4 is 48.1 Å². The number of thiophene rings is 1. The van der Waals surface area contributed by atoms with Gasteiger partial charge in [-0.25, -0.2) is 4.39 Å². The molecule has 1 N–H and O–H groups in total. The van der Waals surface area contributed by atoms with Crippen LogP contribution in [0.25, 0.3) is 42.2 Å². The normalized spacial score (nSPS) is 12.7. The number of aromatic nitrogens is 1. The van der Waals surface area contributed by atoms with E-state index in [9.17, 15) is 14.3 Å². The average molecular weight is 859 g/mol. The van der Waals surface area contributed by atoms with Gasteiger partial charge in [-0.05, 0) is 60.0 Å². The van der Waals surface area contributed by atoms with Crippen LogP contribution in [0.15, 0.2) is 72.6 Å². The third-order valence-electron chi connectivity index (χ3n) is 9.30. The molecule has 2 aromatic heterocycles. The predicted molar refractivity (Wildman–Crippen MR) is 205 cm³/mol. The van der Waals surface area contributed by atoms with Gasteiger partial charge in [-0.1, -0.05) is 117 Å². The first-order chi connectivity index (χ1) is 22.6. The number of carbonyl (C=O) groups excluding carboxylic acids is 1. The van der Waals surface area contributed by atoms with Crippen LogP contribution in [0.2, 0.25) is 0 Å². The maximum absolute atomic E-state index is 14.0. The molecule has 0 bridgehead atoms. The molecular formula is C43H53FIrNO2S-. The number of hydrogen-bond acceptors (Lipinski definition) is 4. The number of rotatable bonds is 9. The molecule has 0 atom stereocenters. The van der Waals surface area contributed by atoms with E-state index < -0.39 is 11.5 Å². The van der Waals surface area contributed by atoms with Gasteiger partial charge in [0.2, 0.25) is 0 Å². The molecule has 0 fully saturated rings. The van der Waals surface area contributed by atoms with E-state index in [1.165, 1.54) is 36.7 Å². The van der Waals surface area contributed by atoms with Gasteiger partial charge in [0.25, 0.3) is 0 Å². The van der Waals surface area contributed by atoms with E-state index in [0.717, 1.165) is 42.0 Å². The van der Waals surface area contributed by atoms with Crippen LogP contribution < -0.4 is 0 Å². The number of ketones is 1. The summed E-state index contributed by atoms with van der Waals surface area (Å²) in [7, 11) is 0. The number of aliphatic hydroxyl groups excluding tert-OH is 1. The summed E-state index contributed by atoms with van der Waals surface area (Å²) in [5, 5.41) is 14.8. The molecule has 0 aliphatic carbocycles. The molecule has 0 unspecified atom stereocenters. The van der Waals surface area contributed by atoms with E-state index >= 15 is 0 Å². The zero-order valence-electron chi connectivity index (χ0n) is 30.9. The van der Waals surface area contributed by atoms with Gasteiger partial charge in [0.1, 0.15) is 0 Å². The largest absolute Gasteiger partial charge is 0.512 e. The number of aliphatic hydroxyl groups is 1.